The Morgan fingerprint density at radius 2 is 0.613 bits per heavy atom. The van der Waals surface area contributed by atoms with Crippen LogP contribution in [0.15, 0.2) is 9.98 Å². The van der Waals surface area contributed by atoms with Crippen molar-refractivity contribution in [3.8, 4) is 0 Å². The van der Waals surface area contributed by atoms with E-state index in [1.807, 2.05) is 0 Å². The van der Waals surface area contributed by atoms with E-state index < -0.39 is 214 Å². The van der Waals surface area contributed by atoms with Gasteiger partial charge in [-0.1, -0.05) is 0 Å². The normalized spacial score (nSPS) is 14.2. The predicted octanol–water partition coefficient (Wildman–Crippen LogP) is -18.3. The topological polar surface area (TPSA) is 306 Å². The molecule has 0 amide bonds. The molecule has 0 saturated heterocycles. The Labute approximate surface area is 546 Å². The zero-order valence-electron chi connectivity index (χ0n) is 40.9. The van der Waals surface area contributed by atoms with Crippen molar-refractivity contribution in [3.05, 3.63) is 0 Å². The van der Waals surface area contributed by atoms with Gasteiger partial charge in [-0.3, -0.25) is 19.6 Å². The van der Waals surface area contributed by atoms with Gasteiger partial charge in [-0.05, 0) is 64.2 Å². The van der Waals surface area contributed by atoms with Crippen LogP contribution in [0.25, 0.3) is 0 Å². The summed E-state index contributed by atoms with van der Waals surface area (Å²) in [6.07, 6.45) is -24.4. The van der Waals surface area contributed by atoms with Gasteiger partial charge < -0.3 is 64.5 Å². The molecule has 75 heavy (non-hydrogen) atoms. The van der Waals surface area contributed by atoms with Gasteiger partial charge in [0, 0.05) is 48.5 Å². The van der Waals surface area contributed by atoms with Gasteiger partial charge in [0.25, 0.3) is 0 Å². The van der Waals surface area contributed by atoms with E-state index >= 15 is 8.78 Å². The van der Waals surface area contributed by atoms with Crippen molar-refractivity contribution in [1.82, 2.24) is 0 Å². The summed E-state index contributed by atoms with van der Waals surface area (Å²) in [5.74, 6) is -74.7. The Bertz CT molecular complexity index is 1790. The maximum Gasteiger partial charge on any atom is 1.00 e. The third-order valence-corrected chi connectivity index (χ3v) is 10.3. The summed E-state index contributed by atoms with van der Waals surface area (Å²) in [6, 6.07) is 0. The molecule has 0 aromatic heterocycles. The number of halogens is 17. The van der Waals surface area contributed by atoms with Gasteiger partial charge in [-0.2, -0.15) is 74.6 Å². The molecule has 0 aliphatic heterocycles. The Balaban J connectivity index is -0.00000154. The first-order valence-electron chi connectivity index (χ1n) is 19.0. The second-order valence-electron chi connectivity index (χ2n) is 15.8. The molecule has 400 valence electrons. The molecule has 0 aromatic carbocycles. The van der Waals surface area contributed by atoms with E-state index in [0.717, 1.165) is 0 Å². The Hall–Kier alpha value is 0.530. The summed E-state index contributed by atoms with van der Waals surface area (Å²) in [5, 5.41) is 90.5. The maximum atomic E-state index is 15.2. The summed E-state index contributed by atoms with van der Waals surface area (Å²) < 4.78 is 236. The molecule has 1 unspecified atom stereocenters. The van der Waals surface area contributed by atoms with Gasteiger partial charge in [0.2, 0.25) is 0 Å². The fraction of sp³-hybridized carbons (Fsp3) is 0.771. The Morgan fingerprint density at radius 3 is 0.840 bits per heavy atom. The van der Waals surface area contributed by atoms with Crippen LogP contribution in [-0.4, -0.2) is 148 Å². The second-order valence-corrected chi connectivity index (χ2v) is 15.8. The number of quaternary nitrogens is 1. The van der Waals surface area contributed by atoms with Gasteiger partial charge in [0.15, 0.2) is 0 Å². The quantitative estimate of drug-likeness (QED) is 0.0203. The van der Waals surface area contributed by atoms with Crippen LogP contribution in [0.3, 0.4) is 0 Å². The van der Waals surface area contributed by atoms with E-state index in [2.05, 4.69) is 9.98 Å². The minimum atomic E-state index is -8.99. The number of hydrogen-bond donors (Lipinski definition) is 2. The number of carboxylic acid groups (broad SMARTS) is 6. The van der Waals surface area contributed by atoms with Gasteiger partial charge in [0.1, 0.15) is 13.1 Å². The predicted molar refractivity (Wildman–Crippen MR) is 177 cm³/mol. The molecule has 0 aliphatic rings. The third kappa shape index (κ3) is 24.5. The van der Waals surface area contributed by atoms with Crippen LogP contribution in [0.4, 0.5) is 74.6 Å². The number of likely N-dealkylation sites (N-methyl/N-ethyl adjacent to an activating group) is 1. The SMILES string of the molecule is C[N+](CCC(F)(F)C(F)(F)C(F)(F)C(F)(F)C(F)(F)C(F)(F)C(F)(F)C(F)(F)F)(CC([O-])=NC(CCC(=O)[O-])(CCC(=O)[O-])CCC(=O)[O-])CC([O-])=NC(CCC(=O)[O-])(CCC(=O)O)CCC(=O)O.[Na+].[Na+].[Na+].[Na+].[Na+].[Na+]. The minimum Gasteiger partial charge on any atom is -0.858 e. The van der Waals surface area contributed by atoms with Crippen molar-refractivity contribution in [3.63, 3.8) is 0 Å². The minimum absolute atomic E-state index is 0. The largest absolute Gasteiger partial charge is 1.00 e. The molecule has 0 saturated carbocycles. The van der Waals surface area contributed by atoms with Crippen LogP contribution in [0.1, 0.15) is 83.5 Å². The third-order valence-electron chi connectivity index (χ3n) is 10.3. The van der Waals surface area contributed by atoms with Crippen LogP contribution >= 0.6 is 0 Å². The van der Waals surface area contributed by atoms with E-state index in [1.54, 1.807) is 0 Å². The first kappa shape index (κ1) is 89.3. The van der Waals surface area contributed by atoms with Crippen LogP contribution in [0.2, 0.25) is 0 Å². The number of aliphatic imine (C=N–C) groups is 2. The first-order valence-corrected chi connectivity index (χ1v) is 19.0. The first-order chi connectivity index (χ1) is 30.7. The molecule has 0 rings (SSSR count). The van der Waals surface area contributed by atoms with Crippen molar-refractivity contribution >= 4 is 47.6 Å². The van der Waals surface area contributed by atoms with E-state index in [4.69, 9.17) is 0 Å². The molecule has 0 fully saturated rings. The number of nitrogens with zero attached hydrogens (tertiary/aromatic N) is 3. The van der Waals surface area contributed by atoms with E-state index in [9.17, 15) is 135 Å². The Morgan fingerprint density at radius 1 is 0.387 bits per heavy atom. The number of aliphatic carboxylic acids is 6. The van der Waals surface area contributed by atoms with E-state index in [0.29, 0.717) is 0 Å². The monoisotopic (exact) mass is 1180 g/mol. The molecular weight excluding hydrogens is 1150 g/mol. The molecule has 1 atom stereocenters. The van der Waals surface area contributed by atoms with E-state index in [-0.39, 0.29) is 184 Å². The standard InChI is InChI=1S/C35H42F17N3O14.6Na/c1-55(16-18(56)53-26(8-2-20(58)59,9-3-21(60)61)10-4-22(62)63,17-19(57)54-27(11-5-23(64)65,12-6-24(66)67)13-7-25(68)69)15-14-28(36,37)29(38,39)30(40,41)31(42,43)32(44,45)33(46,47)34(48,49)35(50,51)52;;;;;;/h2-17H2,1H3,(H7-,53,54,56,57,58,59,60,61,62,63,64,65,66,67,68,69);;;;;;/q;6*+1/p-5. The van der Waals surface area contributed by atoms with Crippen LogP contribution in [0.5, 0.6) is 0 Å². The van der Waals surface area contributed by atoms with Crippen molar-refractivity contribution in [2.24, 2.45) is 9.98 Å². The summed E-state index contributed by atoms with van der Waals surface area (Å²) in [7, 11) is 0.262. The molecule has 2 N–H and O–H groups in total. The van der Waals surface area contributed by atoms with Crippen LogP contribution in [-0.2, 0) is 28.8 Å². The number of carbonyl (C=O) groups is 6. The zero-order chi connectivity index (χ0) is 54.8. The van der Waals surface area contributed by atoms with Gasteiger partial charge in [0.05, 0.1) is 31.1 Å². The average molecular weight is 1180 g/mol. The molecule has 40 heteroatoms. The second kappa shape index (κ2) is 34.2. The molecule has 0 aliphatic carbocycles. The molecule has 0 radical (unpaired) electrons. The van der Waals surface area contributed by atoms with Crippen molar-refractivity contribution in [1.29, 1.82) is 0 Å². The van der Waals surface area contributed by atoms with Crippen LogP contribution < -0.4 is 208 Å². The number of carboxylic acids is 6. The van der Waals surface area contributed by atoms with Crippen LogP contribution in [0, 0.1) is 0 Å². The maximum absolute atomic E-state index is 15.2. The molecular formula is C35H37F17N3Na6O14+. The molecule has 0 heterocycles. The van der Waals surface area contributed by atoms with Gasteiger partial charge in [-0.25, -0.2) is 0 Å². The smallest absolute Gasteiger partial charge is 0.858 e. The molecule has 0 spiro atoms. The summed E-state index contributed by atoms with van der Waals surface area (Å²) in [6.45, 7) is -6.07. The fourth-order valence-electron chi connectivity index (χ4n) is 6.33. The molecule has 0 aromatic rings. The molecule has 17 nitrogen and oxygen atoms in total. The van der Waals surface area contributed by atoms with E-state index in [1.165, 1.54) is 0 Å². The summed E-state index contributed by atoms with van der Waals surface area (Å²) >= 11 is 0. The van der Waals surface area contributed by atoms with Crippen molar-refractivity contribution in [2.75, 3.05) is 26.7 Å². The summed E-state index contributed by atoms with van der Waals surface area (Å²) in [4.78, 5) is 74.8. The number of hydrogen-bond acceptors (Lipinski definition) is 14. The fourth-order valence-corrected chi connectivity index (χ4v) is 6.33. The molecule has 0 bridgehead atoms. The van der Waals surface area contributed by atoms with Gasteiger partial charge in [-0.15, -0.1) is 0 Å². The van der Waals surface area contributed by atoms with Crippen molar-refractivity contribution < 1.29 is 326 Å². The number of carbonyl (C=O) groups excluding carboxylic acids is 4. The average Bonchev–Trinajstić information content (AvgIpc) is 3.17. The number of alkyl halides is 17. The Kier molecular flexibility index (Phi) is 40.7. The number of rotatable bonds is 33. The van der Waals surface area contributed by atoms with Crippen molar-refractivity contribution in [2.45, 2.75) is 142 Å². The van der Waals surface area contributed by atoms with Gasteiger partial charge >= 0.3 is 237 Å². The summed E-state index contributed by atoms with van der Waals surface area (Å²) in [5.41, 5.74) is -4.98. The zero-order valence-corrected chi connectivity index (χ0v) is 52.9.